The van der Waals surface area contributed by atoms with Crippen molar-refractivity contribution in [3.8, 4) is 0 Å². The van der Waals surface area contributed by atoms with Crippen LogP contribution in [0.25, 0.3) is 0 Å². The third-order valence-corrected chi connectivity index (χ3v) is 2.88. The van der Waals surface area contributed by atoms with Gasteiger partial charge in [0.25, 0.3) is 0 Å². The molecule has 84 valence electrons. The SMILES string of the molecule is CCC(CC)(CN)C(=O)N[C@H](C)CO. The molecule has 0 radical (unpaired) electrons. The molecule has 0 aromatic carbocycles. The second-order valence-corrected chi connectivity index (χ2v) is 3.75. The largest absolute Gasteiger partial charge is 0.394 e. The third kappa shape index (κ3) is 2.96. The van der Waals surface area contributed by atoms with Gasteiger partial charge in [0.05, 0.1) is 12.0 Å². The number of nitrogens with one attached hydrogen (secondary N) is 1. The average molecular weight is 202 g/mol. The van der Waals surface area contributed by atoms with Crippen molar-refractivity contribution in [2.45, 2.75) is 39.7 Å². The van der Waals surface area contributed by atoms with Crippen molar-refractivity contribution in [1.29, 1.82) is 0 Å². The van der Waals surface area contributed by atoms with Crippen LogP contribution in [0.1, 0.15) is 33.6 Å². The summed E-state index contributed by atoms with van der Waals surface area (Å²) in [7, 11) is 0. The lowest BCUT2D eigenvalue weighted by Gasteiger charge is -2.29. The number of nitrogens with two attached hydrogens (primary N) is 1. The summed E-state index contributed by atoms with van der Waals surface area (Å²) in [4.78, 5) is 11.8. The van der Waals surface area contributed by atoms with Crippen LogP contribution in [-0.4, -0.2) is 30.2 Å². The van der Waals surface area contributed by atoms with Crippen LogP contribution in [0.3, 0.4) is 0 Å². The van der Waals surface area contributed by atoms with E-state index < -0.39 is 5.41 Å². The second-order valence-electron chi connectivity index (χ2n) is 3.75. The maximum atomic E-state index is 11.8. The van der Waals surface area contributed by atoms with Gasteiger partial charge in [-0.25, -0.2) is 0 Å². The number of hydrogen-bond acceptors (Lipinski definition) is 3. The molecular formula is C10H22N2O2. The first-order valence-electron chi connectivity index (χ1n) is 5.18. The van der Waals surface area contributed by atoms with Crippen LogP contribution in [0.15, 0.2) is 0 Å². The van der Waals surface area contributed by atoms with Crippen molar-refractivity contribution in [3.05, 3.63) is 0 Å². The van der Waals surface area contributed by atoms with Gasteiger partial charge >= 0.3 is 0 Å². The van der Waals surface area contributed by atoms with E-state index in [-0.39, 0.29) is 18.6 Å². The lowest BCUT2D eigenvalue weighted by molar-refractivity contribution is -0.132. The highest BCUT2D eigenvalue weighted by molar-refractivity contribution is 5.83. The maximum Gasteiger partial charge on any atom is 0.227 e. The van der Waals surface area contributed by atoms with E-state index in [1.165, 1.54) is 0 Å². The van der Waals surface area contributed by atoms with E-state index in [1.54, 1.807) is 6.92 Å². The van der Waals surface area contributed by atoms with E-state index in [2.05, 4.69) is 5.32 Å². The topological polar surface area (TPSA) is 75.4 Å². The molecule has 0 saturated carbocycles. The fourth-order valence-corrected chi connectivity index (χ4v) is 1.38. The Hall–Kier alpha value is -0.610. The molecule has 14 heavy (non-hydrogen) atoms. The summed E-state index contributed by atoms with van der Waals surface area (Å²) in [5.74, 6) is -0.0495. The summed E-state index contributed by atoms with van der Waals surface area (Å²) in [6.07, 6.45) is 1.45. The first-order chi connectivity index (χ1) is 6.56. The Morgan fingerprint density at radius 2 is 2.00 bits per heavy atom. The first-order valence-corrected chi connectivity index (χ1v) is 5.18. The summed E-state index contributed by atoms with van der Waals surface area (Å²) in [5.41, 5.74) is 5.15. The van der Waals surface area contributed by atoms with Crippen LogP contribution in [0, 0.1) is 5.41 Å². The summed E-state index contributed by atoms with van der Waals surface area (Å²) in [6, 6.07) is -0.202. The average Bonchev–Trinajstić information content (AvgIpc) is 2.21. The molecule has 0 fully saturated rings. The van der Waals surface area contributed by atoms with Gasteiger partial charge in [-0.1, -0.05) is 13.8 Å². The molecule has 4 N–H and O–H groups in total. The molecule has 0 aromatic rings. The van der Waals surface area contributed by atoms with Crippen LogP contribution < -0.4 is 11.1 Å². The highest BCUT2D eigenvalue weighted by Gasteiger charge is 2.33. The van der Waals surface area contributed by atoms with Gasteiger partial charge in [0.1, 0.15) is 0 Å². The van der Waals surface area contributed by atoms with E-state index in [4.69, 9.17) is 10.8 Å². The van der Waals surface area contributed by atoms with Crippen molar-refractivity contribution < 1.29 is 9.90 Å². The number of carbonyl (C=O) groups excluding carboxylic acids is 1. The molecule has 1 amide bonds. The molecule has 0 aliphatic rings. The van der Waals surface area contributed by atoms with Crippen LogP contribution >= 0.6 is 0 Å². The van der Waals surface area contributed by atoms with Crippen LogP contribution in [0.5, 0.6) is 0 Å². The highest BCUT2D eigenvalue weighted by Crippen LogP contribution is 2.24. The maximum absolute atomic E-state index is 11.8. The Morgan fingerprint density at radius 1 is 1.50 bits per heavy atom. The zero-order valence-corrected chi connectivity index (χ0v) is 9.34. The van der Waals surface area contributed by atoms with Crippen LogP contribution in [0.2, 0.25) is 0 Å². The van der Waals surface area contributed by atoms with E-state index in [1.807, 2.05) is 13.8 Å². The van der Waals surface area contributed by atoms with Gasteiger partial charge < -0.3 is 16.2 Å². The molecule has 0 aromatic heterocycles. The predicted octanol–water partition coefficient (Wildman–Crippen LogP) is 0.249. The molecule has 0 rings (SSSR count). The molecule has 1 atom stereocenters. The van der Waals surface area contributed by atoms with E-state index in [0.717, 1.165) is 12.8 Å². The van der Waals surface area contributed by atoms with Crippen molar-refractivity contribution in [1.82, 2.24) is 5.32 Å². The number of rotatable bonds is 6. The smallest absolute Gasteiger partial charge is 0.227 e. The van der Waals surface area contributed by atoms with Gasteiger partial charge in [0.2, 0.25) is 5.91 Å². The van der Waals surface area contributed by atoms with Crippen molar-refractivity contribution in [3.63, 3.8) is 0 Å². The molecule has 0 unspecified atom stereocenters. The minimum absolute atomic E-state index is 0.0418. The summed E-state index contributed by atoms with van der Waals surface area (Å²) < 4.78 is 0. The molecule has 0 aliphatic heterocycles. The second kappa shape index (κ2) is 5.98. The lowest BCUT2D eigenvalue weighted by atomic mass is 9.81. The molecule has 0 bridgehead atoms. The molecule has 0 saturated heterocycles. The van der Waals surface area contributed by atoms with Crippen molar-refractivity contribution >= 4 is 5.91 Å². The number of aliphatic hydroxyl groups excluding tert-OH is 1. The summed E-state index contributed by atoms with van der Waals surface area (Å²) >= 11 is 0. The molecule has 4 heteroatoms. The normalized spacial score (nSPS) is 13.8. The fraction of sp³-hybridized carbons (Fsp3) is 0.900. The Kier molecular flexibility index (Phi) is 5.72. The van der Waals surface area contributed by atoms with Crippen molar-refractivity contribution in [2.24, 2.45) is 11.1 Å². The standard InChI is InChI=1S/C10H22N2O2/c1-4-10(5-2,7-11)9(14)12-8(3)6-13/h8,13H,4-7,11H2,1-3H3,(H,12,14)/t8-/m1/s1. The van der Waals surface area contributed by atoms with Gasteiger partial charge in [0, 0.05) is 12.6 Å². The fourth-order valence-electron chi connectivity index (χ4n) is 1.38. The molecule has 4 nitrogen and oxygen atoms in total. The molecule has 0 aliphatic carbocycles. The predicted molar refractivity (Wildman–Crippen MR) is 56.8 cm³/mol. The monoisotopic (exact) mass is 202 g/mol. The number of amides is 1. The first kappa shape index (κ1) is 13.4. The highest BCUT2D eigenvalue weighted by atomic mass is 16.3. The number of hydrogen-bond donors (Lipinski definition) is 3. The Morgan fingerprint density at radius 3 is 2.29 bits per heavy atom. The Labute approximate surface area is 85.9 Å². The van der Waals surface area contributed by atoms with Crippen molar-refractivity contribution in [2.75, 3.05) is 13.2 Å². The third-order valence-electron chi connectivity index (χ3n) is 2.88. The van der Waals surface area contributed by atoms with Gasteiger partial charge in [0.15, 0.2) is 0 Å². The van der Waals surface area contributed by atoms with E-state index >= 15 is 0 Å². The Bertz CT molecular complexity index is 171. The minimum atomic E-state index is -0.469. The van der Waals surface area contributed by atoms with Gasteiger partial charge in [-0.2, -0.15) is 0 Å². The van der Waals surface area contributed by atoms with E-state index in [9.17, 15) is 4.79 Å². The number of carbonyl (C=O) groups is 1. The van der Waals surface area contributed by atoms with Crippen LogP contribution in [-0.2, 0) is 4.79 Å². The van der Waals surface area contributed by atoms with Gasteiger partial charge in [-0.3, -0.25) is 4.79 Å². The van der Waals surface area contributed by atoms with Crippen LogP contribution in [0.4, 0.5) is 0 Å². The molecule has 0 spiro atoms. The lowest BCUT2D eigenvalue weighted by Crippen LogP contribution is -2.48. The Balaban J connectivity index is 4.44. The summed E-state index contributed by atoms with van der Waals surface area (Å²) in [6.45, 7) is 5.99. The zero-order valence-electron chi connectivity index (χ0n) is 9.34. The van der Waals surface area contributed by atoms with Gasteiger partial charge in [-0.15, -0.1) is 0 Å². The summed E-state index contributed by atoms with van der Waals surface area (Å²) in [5, 5.41) is 11.6. The van der Waals surface area contributed by atoms with E-state index in [0.29, 0.717) is 6.54 Å². The minimum Gasteiger partial charge on any atom is -0.394 e. The quantitative estimate of drug-likeness (QED) is 0.578. The molecular weight excluding hydrogens is 180 g/mol. The number of aliphatic hydroxyl groups is 1. The zero-order chi connectivity index (χ0) is 11.2. The molecule has 0 heterocycles. The van der Waals surface area contributed by atoms with Gasteiger partial charge in [-0.05, 0) is 19.8 Å².